The van der Waals surface area contributed by atoms with E-state index >= 15 is 4.39 Å². The summed E-state index contributed by atoms with van der Waals surface area (Å²) in [5.41, 5.74) is -2.96. The molecule has 0 aliphatic heterocycles. The number of phenols is 3. The number of alkyl halides is 1. The summed E-state index contributed by atoms with van der Waals surface area (Å²) in [5.74, 6) is -1.98. The molecule has 0 heterocycles. The third kappa shape index (κ3) is 6.40. The van der Waals surface area contributed by atoms with Crippen molar-refractivity contribution < 1.29 is 44.6 Å². The topological polar surface area (TPSA) is 168 Å². The standard InChI is InChI=1S/C22H29FO5.C18H23NO3/c1-12-8-16-15-5-4-13-9-14(25)6-7-19(13,2)21(15,23)17(26)10-20(16,3)22(12,28)18(27)11-24;1-13(2-3-14-4-7-16(20)8-5-14)19-11-10-15-6-9-17(21)18(22)12-15/h6-7,9,12,15-17,24,26,28H,4-5,8,10-11H2,1-3H3;4-9,12-13,19-22H,2-3,10-11H2,1H3/t12-,15+,16+,17+,19+,20+,21+,22+;/m1./s1. The Morgan fingerprint density at radius 1 is 1.02 bits per heavy atom. The molecule has 272 valence electrons. The smallest absolute Gasteiger partial charge is 0.190 e. The molecule has 1 unspecified atom stereocenters. The van der Waals surface area contributed by atoms with Crippen LogP contribution < -0.4 is 5.32 Å². The number of phenolic OH excluding ortho intramolecular Hbond substituents is 3. The van der Waals surface area contributed by atoms with Gasteiger partial charge in [-0.15, -0.1) is 0 Å². The molecule has 0 amide bonds. The Balaban J connectivity index is 0.000000201. The highest BCUT2D eigenvalue weighted by atomic mass is 19.1. The monoisotopic (exact) mass is 693 g/mol. The van der Waals surface area contributed by atoms with Gasteiger partial charge in [-0.05, 0) is 125 Å². The number of ketones is 2. The average molecular weight is 694 g/mol. The van der Waals surface area contributed by atoms with Gasteiger partial charge in [0.05, 0.1) is 6.10 Å². The van der Waals surface area contributed by atoms with Gasteiger partial charge in [-0.2, -0.15) is 0 Å². The number of halogens is 1. The van der Waals surface area contributed by atoms with Crippen LogP contribution in [0.3, 0.4) is 0 Å². The van der Waals surface area contributed by atoms with Gasteiger partial charge in [-0.1, -0.05) is 43.7 Å². The Morgan fingerprint density at radius 3 is 2.36 bits per heavy atom. The molecular weight excluding hydrogens is 641 g/mol. The molecule has 3 fully saturated rings. The molecule has 0 spiro atoms. The molecule has 3 saturated carbocycles. The molecule has 9 atom stereocenters. The first-order valence-corrected chi connectivity index (χ1v) is 17.7. The molecule has 4 aliphatic rings. The molecule has 0 bridgehead atoms. The van der Waals surface area contributed by atoms with Gasteiger partial charge in [-0.25, -0.2) is 4.39 Å². The summed E-state index contributed by atoms with van der Waals surface area (Å²) >= 11 is 0. The van der Waals surface area contributed by atoms with Crippen LogP contribution in [0.5, 0.6) is 17.2 Å². The van der Waals surface area contributed by atoms with E-state index in [9.17, 15) is 40.2 Å². The van der Waals surface area contributed by atoms with E-state index in [1.165, 1.54) is 23.8 Å². The normalized spacial score (nSPS) is 34.8. The molecule has 7 N–H and O–H groups in total. The molecule has 0 saturated heterocycles. The van der Waals surface area contributed by atoms with Crippen molar-refractivity contribution in [2.45, 2.75) is 96.1 Å². The van der Waals surface area contributed by atoms with Gasteiger partial charge in [0.1, 0.15) is 18.0 Å². The highest BCUT2D eigenvalue weighted by molar-refractivity contribution is 6.01. The number of hydrogen-bond acceptors (Lipinski definition) is 9. The number of benzene rings is 2. The number of nitrogens with one attached hydrogen (secondary N) is 1. The number of aryl methyl sites for hydroxylation is 1. The summed E-state index contributed by atoms with van der Waals surface area (Å²) < 4.78 is 16.9. The van der Waals surface area contributed by atoms with E-state index in [2.05, 4.69) is 12.2 Å². The summed E-state index contributed by atoms with van der Waals surface area (Å²) in [5, 5.41) is 63.4. The number of allylic oxidation sites excluding steroid dienone is 4. The highest BCUT2D eigenvalue weighted by Crippen LogP contribution is 2.70. The summed E-state index contributed by atoms with van der Waals surface area (Å²) in [6, 6.07) is 12.6. The van der Waals surface area contributed by atoms with Gasteiger partial charge in [0.2, 0.25) is 0 Å². The molecule has 6 rings (SSSR count). The first kappa shape index (κ1) is 37.7. The van der Waals surface area contributed by atoms with Crippen molar-refractivity contribution in [2.24, 2.45) is 28.6 Å². The second-order valence-corrected chi connectivity index (χ2v) is 15.4. The number of rotatable bonds is 9. The molecule has 50 heavy (non-hydrogen) atoms. The molecule has 2 aromatic rings. The number of aliphatic hydroxyl groups is 3. The van der Waals surface area contributed by atoms with Gasteiger partial charge in [-0.3, -0.25) is 9.59 Å². The molecule has 10 heteroatoms. The van der Waals surface area contributed by atoms with Crippen molar-refractivity contribution in [3.63, 3.8) is 0 Å². The van der Waals surface area contributed by atoms with Crippen LogP contribution in [0.1, 0.15) is 70.9 Å². The molecule has 2 aromatic carbocycles. The Hall–Kier alpha value is -3.57. The van der Waals surface area contributed by atoms with Gasteiger partial charge < -0.3 is 36.0 Å². The van der Waals surface area contributed by atoms with E-state index in [0.717, 1.165) is 31.4 Å². The first-order valence-electron chi connectivity index (χ1n) is 17.7. The second kappa shape index (κ2) is 14.2. The number of aliphatic hydroxyl groups excluding tert-OH is 2. The van der Waals surface area contributed by atoms with Crippen LogP contribution in [-0.4, -0.2) is 78.8 Å². The minimum Gasteiger partial charge on any atom is -0.508 e. The number of carbonyl (C=O) groups excluding carboxylic acids is 2. The minimum absolute atomic E-state index is 0.0676. The summed E-state index contributed by atoms with van der Waals surface area (Å²) in [4.78, 5) is 24.4. The fourth-order valence-electron chi connectivity index (χ4n) is 9.60. The van der Waals surface area contributed by atoms with E-state index in [4.69, 9.17) is 0 Å². The molecule has 0 aromatic heterocycles. The van der Waals surface area contributed by atoms with Crippen molar-refractivity contribution in [3.8, 4) is 17.2 Å². The van der Waals surface area contributed by atoms with Crippen molar-refractivity contribution in [1.82, 2.24) is 5.32 Å². The molecule has 9 nitrogen and oxygen atoms in total. The van der Waals surface area contributed by atoms with Crippen LogP contribution in [0.2, 0.25) is 0 Å². The lowest BCUT2D eigenvalue weighted by atomic mass is 9.44. The zero-order valence-corrected chi connectivity index (χ0v) is 29.4. The Morgan fingerprint density at radius 2 is 1.70 bits per heavy atom. The third-order valence-electron chi connectivity index (χ3n) is 12.5. The zero-order chi connectivity index (χ0) is 36.6. The number of Topliss-reactive ketones (excluding diaryl/α,β-unsaturated/α-hetero) is 1. The van der Waals surface area contributed by atoms with E-state index in [-0.39, 0.29) is 29.6 Å². The fraction of sp³-hybridized carbons (Fsp3) is 0.550. The number of carbonyl (C=O) groups is 2. The van der Waals surface area contributed by atoms with Gasteiger partial charge in [0.25, 0.3) is 0 Å². The van der Waals surface area contributed by atoms with Crippen molar-refractivity contribution >= 4 is 11.6 Å². The maximum Gasteiger partial charge on any atom is 0.190 e. The predicted octanol–water partition coefficient (Wildman–Crippen LogP) is 4.85. The van der Waals surface area contributed by atoms with E-state index in [0.29, 0.717) is 36.6 Å². The lowest BCUT2D eigenvalue weighted by Crippen LogP contribution is -2.69. The zero-order valence-electron chi connectivity index (χ0n) is 29.4. The van der Waals surface area contributed by atoms with Crippen LogP contribution in [-0.2, 0) is 22.4 Å². The second-order valence-electron chi connectivity index (χ2n) is 15.4. The lowest BCUT2D eigenvalue weighted by Gasteiger charge is -2.62. The maximum absolute atomic E-state index is 16.9. The lowest BCUT2D eigenvalue weighted by molar-refractivity contribution is -0.219. The van der Waals surface area contributed by atoms with Gasteiger partial charge >= 0.3 is 0 Å². The minimum atomic E-state index is -1.98. The average Bonchev–Trinajstić information content (AvgIpc) is 3.28. The molecule has 4 aliphatic carbocycles. The maximum atomic E-state index is 16.9. The van der Waals surface area contributed by atoms with Crippen LogP contribution in [0.25, 0.3) is 0 Å². The van der Waals surface area contributed by atoms with Crippen molar-refractivity contribution in [2.75, 3.05) is 13.2 Å². The van der Waals surface area contributed by atoms with Gasteiger partial charge in [0.15, 0.2) is 28.7 Å². The van der Waals surface area contributed by atoms with Gasteiger partial charge in [0, 0.05) is 22.8 Å². The number of fused-ring (bicyclic) bond motifs is 5. The Kier molecular flexibility index (Phi) is 10.7. The first-order chi connectivity index (χ1) is 23.5. The van der Waals surface area contributed by atoms with Crippen molar-refractivity contribution in [1.29, 1.82) is 0 Å². The molecular formula is C40H52FNO8. The van der Waals surface area contributed by atoms with E-state index in [1.54, 1.807) is 45.0 Å². The fourth-order valence-corrected chi connectivity index (χ4v) is 9.60. The van der Waals surface area contributed by atoms with Crippen LogP contribution in [0.4, 0.5) is 4.39 Å². The summed E-state index contributed by atoms with van der Waals surface area (Å²) in [7, 11) is 0. The Labute approximate surface area is 293 Å². The van der Waals surface area contributed by atoms with E-state index < -0.39 is 52.4 Å². The number of hydrogen-bond donors (Lipinski definition) is 7. The quantitative estimate of drug-likeness (QED) is 0.182. The SMILES string of the molecule is CC(CCc1ccc(O)cc1)NCCc1ccc(O)c(O)c1.C[C@@H]1C[C@H]2[C@@H]3CCC4=CC(=O)C=C[C@]4(C)[C@@]3(F)[C@@H](O)C[C@]2(C)[C@@]1(O)C(=O)CO. The third-order valence-corrected chi connectivity index (χ3v) is 12.5. The molecule has 0 radical (unpaired) electrons. The number of aromatic hydroxyl groups is 3. The highest BCUT2D eigenvalue weighted by Gasteiger charge is 2.75. The Bertz CT molecular complexity index is 1640. The summed E-state index contributed by atoms with van der Waals surface area (Å²) in [6.07, 6.45) is 7.23. The summed E-state index contributed by atoms with van der Waals surface area (Å²) in [6.45, 7) is 7.45. The predicted molar refractivity (Wildman–Crippen MR) is 187 cm³/mol. The van der Waals surface area contributed by atoms with E-state index in [1.807, 2.05) is 18.2 Å². The van der Waals surface area contributed by atoms with Crippen LogP contribution >= 0.6 is 0 Å². The van der Waals surface area contributed by atoms with Crippen LogP contribution in [0.15, 0.2) is 66.3 Å². The largest absolute Gasteiger partial charge is 0.508 e. The van der Waals surface area contributed by atoms with Crippen molar-refractivity contribution in [3.05, 3.63) is 77.4 Å². The van der Waals surface area contributed by atoms with Crippen LogP contribution in [0, 0.1) is 28.6 Å².